The van der Waals surface area contributed by atoms with Gasteiger partial charge in [0.25, 0.3) is 5.69 Å². The van der Waals surface area contributed by atoms with Crippen molar-refractivity contribution < 1.29 is 14.1 Å². The second-order valence-corrected chi connectivity index (χ2v) is 5.47. The summed E-state index contributed by atoms with van der Waals surface area (Å²) in [7, 11) is 0. The third-order valence-electron chi connectivity index (χ3n) is 3.77. The Morgan fingerprint density at radius 1 is 1.32 bits per heavy atom. The number of nitro groups is 1. The summed E-state index contributed by atoms with van der Waals surface area (Å²) < 4.78 is 5.17. The maximum atomic E-state index is 12.2. The van der Waals surface area contributed by atoms with E-state index in [0.717, 1.165) is 0 Å². The molecule has 0 saturated heterocycles. The molecule has 0 saturated carbocycles. The predicted molar refractivity (Wildman–Crippen MR) is 92.0 cm³/mol. The average molecular weight is 340 g/mol. The smallest absolute Gasteiger partial charge is 0.278 e. The number of furan rings is 1. The number of carbonyl (C=O) groups excluding carboxylic acids is 1. The van der Waals surface area contributed by atoms with Gasteiger partial charge < -0.3 is 15.1 Å². The van der Waals surface area contributed by atoms with Gasteiger partial charge in [-0.3, -0.25) is 19.9 Å². The summed E-state index contributed by atoms with van der Waals surface area (Å²) in [6, 6.07) is 7.66. The van der Waals surface area contributed by atoms with E-state index in [4.69, 9.17) is 4.42 Å². The van der Waals surface area contributed by atoms with Crippen molar-refractivity contribution in [2.75, 3.05) is 5.32 Å². The molecular formula is C17H16N4O4. The summed E-state index contributed by atoms with van der Waals surface area (Å²) in [5.74, 6) is 0.448. The van der Waals surface area contributed by atoms with Crippen LogP contribution in [0.2, 0.25) is 0 Å². The molecule has 2 aromatic heterocycles. The van der Waals surface area contributed by atoms with Gasteiger partial charge in [-0.05, 0) is 31.2 Å². The molecule has 25 heavy (non-hydrogen) atoms. The Balaban J connectivity index is 1.77. The fourth-order valence-electron chi connectivity index (χ4n) is 2.50. The number of hydrogen-bond donors (Lipinski definition) is 2. The lowest BCUT2D eigenvalue weighted by molar-refractivity contribution is -0.383. The first-order chi connectivity index (χ1) is 12.1. The number of aromatic nitrogens is 1. The molecule has 3 aromatic rings. The minimum atomic E-state index is -0.534. The molecule has 0 fully saturated rings. The highest BCUT2D eigenvalue weighted by Gasteiger charge is 2.18. The minimum absolute atomic E-state index is 0.0245. The lowest BCUT2D eigenvalue weighted by Crippen LogP contribution is -2.37. The molecule has 8 nitrogen and oxygen atoms in total. The third-order valence-corrected chi connectivity index (χ3v) is 3.77. The number of pyridine rings is 1. The van der Waals surface area contributed by atoms with Crippen LogP contribution in [0.5, 0.6) is 0 Å². The van der Waals surface area contributed by atoms with Gasteiger partial charge >= 0.3 is 0 Å². The first-order valence-electron chi connectivity index (χ1n) is 7.64. The number of amides is 1. The predicted octanol–water partition coefficient (Wildman–Crippen LogP) is 2.85. The van der Waals surface area contributed by atoms with Crippen LogP contribution in [0, 0.1) is 10.1 Å². The van der Waals surface area contributed by atoms with E-state index in [2.05, 4.69) is 15.6 Å². The van der Waals surface area contributed by atoms with Crippen LogP contribution in [0.15, 0.2) is 53.4 Å². The Labute approximate surface area is 143 Å². The van der Waals surface area contributed by atoms with Crippen molar-refractivity contribution in [1.82, 2.24) is 10.3 Å². The Morgan fingerprint density at radius 3 is 2.88 bits per heavy atom. The molecule has 2 heterocycles. The van der Waals surface area contributed by atoms with Crippen LogP contribution in [0.25, 0.3) is 10.8 Å². The summed E-state index contributed by atoms with van der Waals surface area (Å²) >= 11 is 0. The fourth-order valence-corrected chi connectivity index (χ4v) is 2.50. The van der Waals surface area contributed by atoms with Crippen molar-refractivity contribution in [1.29, 1.82) is 0 Å². The molecule has 1 unspecified atom stereocenters. The van der Waals surface area contributed by atoms with Crippen LogP contribution in [-0.4, -0.2) is 21.9 Å². The Morgan fingerprint density at radius 2 is 2.16 bits per heavy atom. The number of nitrogens with one attached hydrogen (secondary N) is 2. The zero-order valence-electron chi connectivity index (χ0n) is 13.4. The first kappa shape index (κ1) is 16.4. The molecule has 2 N–H and O–H groups in total. The SMILES string of the molecule is CC(Nc1ccc([N+](=O)[O-])c2cnccc12)C(=O)NCc1ccco1. The second-order valence-electron chi connectivity index (χ2n) is 5.47. The molecule has 0 bridgehead atoms. The normalized spacial score (nSPS) is 11.9. The van der Waals surface area contributed by atoms with Crippen LogP contribution in [-0.2, 0) is 11.3 Å². The molecule has 8 heteroatoms. The number of nitro benzene ring substituents is 1. The lowest BCUT2D eigenvalue weighted by Gasteiger charge is -2.16. The number of non-ortho nitro benzene ring substituents is 1. The molecule has 0 aliphatic rings. The number of hydrogen-bond acceptors (Lipinski definition) is 6. The van der Waals surface area contributed by atoms with Gasteiger partial charge in [-0.25, -0.2) is 0 Å². The Kier molecular flexibility index (Phi) is 4.60. The molecule has 1 amide bonds. The quantitative estimate of drug-likeness (QED) is 0.527. The van der Waals surface area contributed by atoms with Crippen LogP contribution >= 0.6 is 0 Å². The van der Waals surface area contributed by atoms with Gasteiger partial charge in [-0.2, -0.15) is 0 Å². The molecular weight excluding hydrogens is 324 g/mol. The first-order valence-corrected chi connectivity index (χ1v) is 7.64. The highest BCUT2D eigenvalue weighted by Crippen LogP contribution is 2.30. The topological polar surface area (TPSA) is 110 Å². The number of fused-ring (bicyclic) bond motifs is 1. The van der Waals surface area contributed by atoms with E-state index in [1.807, 2.05) is 0 Å². The fraction of sp³-hybridized carbons (Fsp3) is 0.176. The van der Waals surface area contributed by atoms with Crippen LogP contribution in [0.3, 0.4) is 0 Å². The minimum Gasteiger partial charge on any atom is -0.467 e. The van der Waals surface area contributed by atoms with Crippen molar-refractivity contribution in [3.05, 3.63) is 64.9 Å². The molecule has 3 rings (SSSR count). The molecule has 1 atom stereocenters. The van der Waals surface area contributed by atoms with Gasteiger partial charge in [-0.15, -0.1) is 0 Å². The van der Waals surface area contributed by atoms with E-state index in [0.29, 0.717) is 28.8 Å². The van der Waals surface area contributed by atoms with Gasteiger partial charge in [0.15, 0.2) is 0 Å². The van der Waals surface area contributed by atoms with Crippen LogP contribution < -0.4 is 10.6 Å². The molecule has 0 aliphatic carbocycles. The number of benzene rings is 1. The van der Waals surface area contributed by atoms with Crippen molar-refractivity contribution in [2.45, 2.75) is 19.5 Å². The van der Waals surface area contributed by atoms with Crippen LogP contribution in [0.4, 0.5) is 11.4 Å². The number of anilines is 1. The van der Waals surface area contributed by atoms with Gasteiger partial charge in [0, 0.05) is 29.5 Å². The monoisotopic (exact) mass is 340 g/mol. The zero-order chi connectivity index (χ0) is 17.8. The largest absolute Gasteiger partial charge is 0.467 e. The standard InChI is InChI=1S/C17H16N4O4/c1-11(17(22)19-9-12-3-2-8-25-12)20-15-4-5-16(21(23)24)14-10-18-7-6-13(14)15/h2-8,10-11,20H,9H2,1H3,(H,19,22). The molecule has 1 aromatic carbocycles. The summed E-state index contributed by atoms with van der Waals surface area (Å²) in [6.07, 6.45) is 4.54. The van der Waals surface area contributed by atoms with Gasteiger partial charge in [0.05, 0.1) is 23.1 Å². The van der Waals surface area contributed by atoms with Crippen LogP contribution in [0.1, 0.15) is 12.7 Å². The van der Waals surface area contributed by atoms with E-state index in [1.54, 1.807) is 43.6 Å². The molecule has 128 valence electrons. The summed E-state index contributed by atoms with van der Waals surface area (Å²) in [6.45, 7) is 2.01. The van der Waals surface area contributed by atoms with E-state index < -0.39 is 11.0 Å². The Hall–Kier alpha value is -3.42. The second kappa shape index (κ2) is 7.00. The highest BCUT2D eigenvalue weighted by atomic mass is 16.6. The van der Waals surface area contributed by atoms with Gasteiger partial charge in [-0.1, -0.05) is 0 Å². The molecule has 0 radical (unpaired) electrons. The van der Waals surface area contributed by atoms with E-state index in [-0.39, 0.29) is 11.6 Å². The van der Waals surface area contributed by atoms with Gasteiger partial charge in [0.1, 0.15) is 11.8 Å². The number of nitrogens with zero attached hydrogens (tertiary/aromatic N) is 2. The highest BCUT2D eigenvalue weighted by molar-refractivity contribution is 6.00. The van der Waals surface area contributed by atoms with Crippen molar-refractivity contribution in [3.8, 4) is 0 Å². The number of rotatable bonds is 6. The lowest BCUT2D eigenvalue weighted by atomic mass is 10.1. The van der Waals surface area contributed by atoms with Crippen molar-refractivity contribution >= 4 is 28.1 Å². The van der Waals surface area contributed by atoms with E-state index in [9.17, 15) is 14.9 Å². The van der Waals surface area contributed by atoms with E-state index >= 15 is 0 Å². The summed E-state index contributed by atoms with van der Waals surface area (Å²) in [5.41, 5.74) is 0.604. The van der Waals surface area contributed by atoms with Gasteiger partial charge in [0.2, 0.25) is 5.91 Å². The third kappa shape index (κ3) is 3.57. The summed E-state index contributed by atoms with van der Waals surface area (Å²) in [5, 5.41) is 18.0. The zero-order valence-corrected chi connectivity index (χ0v) is 13.4. The summed E-state index contributed by atoms with van der Waals surface area (Å²) in [4.78, 5) is 26.9. The van der Waals surface area contributed by atoms with E-state index in [1.165, 1.54) is 12.3 Å². The number of carbonyl (C=O) groups is 1. The van der Waals surface area contributed by atoms with Crippen molar-refractivity contribution in [2.24, 2.45) is 0 Å². The van der Waals surface area contributed by atoms with Crippen molar-refractivity contribution in [3.63, 3.8) is 0 Å². The molecule has 0 aliphatic heterocycles. The maximum Gasteiger partial charge on any atom is 0.278 e. The molecule has 0 spiro atoms. The Bertz CT molecular complexity index is 908. The average Bonchev–Trinajstić information content (AvgIpc) is 3.13. The maximum absolute atomic E-state index is 12.2.